The molecule has 0 aliphatic heterocycles. The molecule has 2 rings (SSSR count). The number of H-pyrrole nitrogens is 1. The van der Waals surface area contributed by atoms with Crippen molar-refractivity contribution in [2.24, 2.45) is 0 Å². The van der Waals surface area contributed by atoms with E-state index in [2.05, 4.69) is 15.5 Å². The van der Waals surface area contributed by atoms with E-state index in [1.165, 1.54) is 0 Å². The van der Waals surface area contributed by atoms with Gasteiger partial charge in [0.1, 0.15) is 5.75 Å². The molecule has 0 aliphatic rings. The molecular formula is C16H21N3O2. The Morgan fingerprint density at radius 2 is 2.10 bits per heavy atom. The standard InChI is InChI=1S/C16H21N3O2/c1-11-14(12(2)19-18-11)8-9-16(20)17-10-13-6-4-5-7-15(13)21-3/h4-7H,8-10H2,1-3H3,(H,17,20)(H,18,19). The van der Waals surface area contributed by atoms with Gasteiger partial charge in [0.25, 0.3) is 0 Å². The summed E-state index contributed by atoms with van der Waals surface area (Å²) in [5.74, 6) is 0.820. The molecule has 0 spiro atoms. The molecule has 1 amide bonds. The molecule has 0 aliphatic carbocycles. The third-order valence-corrected chi connectivity index (χ3v) is 3.55. The normalized spacial score (nSPS) is 10.4. The first-order valence-corrected chi connectivity index (χ1v) is 7.01. The van der Waals surface area contributed by atoms with Gasteiger partial charge in [0, 0.05) is 24.2 Å². The van der Waals surface area contributed by atoms with E-state index < -0.39 is 0 Å². The molecule has 1 aromatic heterocycles. The SMILES string of the molecule is COc1ccccc1CNC(=O)CCc1c(C)n[nH]c1C. The fourth-order valence-electron chi connectivity index (χ4n) is 2.31. The average Bonchev–Trinajstić information content (AvgIpc) is 2.82. The molecule has 21 heavy (non-hydrogen) atoms. The van der Waals surface area contributed by atoms with Crippen LogP contribution in [0.1, 0.15) is 28.9 Å². The molecule has 0 fully saturated rings. The fraction of sp³-hybridized carbons (Fsp3) is 0.375. The van der Waals surface area contributed by atoms with Gasteiger partial charge in [-0.3, -0.25) is 9.89 Å². The van der Waals surface area contributed by atoms with E-state index in [9.17, 15) is 4.79 Å². The van der Waals surface area contributed by atoms with E-state index in [4.69, 9.17) is 4.74 Å². The Bertz CT molecular complexity index is 600. The molecule has 0 saturated heterocycles. The van der Waals surface area contributed by atoms with Gasteiger partial charge in [0.2, 0.25) is 5.91 Å². The van der Waals surface area contributed by atoms with E-state index in [1.807, 2.05) is 38.1 Å². The summed E-state index contributed by atoms with van der Waals surface area (Å²) in [6.45, 7) is 4.40. The highest BCUT2D eigenvalue weighted by Gasteiger charge is 2.09. The Labute approximate surface area is 124 Å². The lowest BCUT2D eigenvalue weighted by Crippen LogP contribution is -2.23. The van der Waals surface area contributed by atoms with Crippen molar-refractivity contribution in [1.29, 1.82) is 0 Å². The summed E-state index contributed by atoms with van der Waals surface area (Å²) >= 11 is 0. The maximum atomic E-state index is 12.0. The van der Waals surface area contributed by atoms with Gasteiger partial charge >= 0.3 is 0 Å². The average molecular weight is 287 g/mol. The number of aryl methyl sites for hydroxylation is 2. The lowest BCUT2D eigenvalue weighted by atomic mass is 10.1. The largest absolute Gasteiger partial charge is 0.496 e. The first-order valence-electron chi connectivity index (χ1n) is 7.01. The van der Waals surface area contributed by atoms with Crippen LogP contribution in [-0.2, 0) is 17.8 Å². The molecule has 0 radical (unpaired) electrons. The molecule has 5 heteroatoms. The topological polar surface area (TPSA) is 67.0 Å². The van der Waals surface area contributed by atoms with Crippen LogP contribution in [0.4, 0.5) is 0 Å². The van der Waals surface area contributed by atoms with E-state index in [0.717, 1.165) is 28.3 Å². The number of para-hydroxylation sites is 1. The van der Waals surface area contributed by atoms with Gasteiger partial charge in [-0.2, -0.15) is 5.10 Å². The zero-order valence-corrected chi connectivity index (χ0v) is 12.7. The van der Waals surface area contributed by atoms with E-state index in [-0.39, 0.29) is 5.91 Å². The Kier molecular flexibility index (Phi) is 4.98. The van der Waals surface area contributed by atoms with Crippen molar-refractivity contribution < 1.29 is 9.53 Å². The van der Waals surface area contributed by atoms with Crippen molar-refractivity contribution in [2.75, 3.05) is 7.11 Å². The fourth-order valence-corrected chi connectivity index (χ4v) is 2.31. The number of hydrogen-bond acceptors (Lipinski definition) is 3. The van der Waals surface area contributed by atoms with Crippen molar-refractivity contribution in [3.8, 4) is 5.75 Å². The zero-order valence-electron chi connectivity index (χ0n) is 12.7. The molecule has 2 N–H and O–H groups in total. The molecule has 5 nitrogen and oxygen atoms in total. The summed E-state index contributed by atoms with van der Waals surface area (Å²) in [5.41, 5.74) is 4.10. The minimum atomic E-state index is 0.0286. The summed E-state index contributed by atoms with van der Waals surface area (Å²) in [7, 11) is 1.63. The van der Waals surface area contributed by atoms with E-state index >= 15 is 0 Å². The van der Waals surface area contributed by atoms with Crippen LogP contribution < -0.4 is 10.1 Å². The predicted molar refractivity (Wildman–Crippen MR) is 81.2 cm³/mol. The predicted octanol–water partition coefficient (Wildman–Crippen LogP) is 2.28. The smallest absolute Gasteiger partial charge is 0.220 e. The van der Waals surface area contributed by atoms with Crippen LogP contribution in [-0.4, -0.2) is 23.2 Å². The number of nitrogens with one attached hydrogen (secondary N) is 2. The van der Waals surface area contributed by atoms with Crippen molar-refractivity contribution in [3.63, 3.8) is 0 Å². The number of rotatable bonds is 6. The molecule has 1 heterocycles. The van der Waals surface area contributed by atoms with Crippen LogP contribution in [0, 0.1) is 13.8 Å². The molecule has 0 atom stereocenters. The molecule has 2 aromatic rings. The second kappa shape index (κ2) is 6.92. The molecule has 0 saturated carbocycles. The van der Waals surface area contributed by atoms with Crippen LogP contribution in [0.15, 0.2) is 24.3 Å². The van der Waals surface area contributed by atoms with Gasteiger partial charge in [-0.15, -0.1) is 0 Å². The first kappa shape index (κ1) is 15.1. The molecule has 112 valence electrons. The van der Waals surface area contributed by atoms with Gasteiger partial charge < -0.3 is 10.1 Å². The van der Waals surface area contributed by atoms with Gasteiger partial charge in [-0.05, 0) is 31.9 Å². The Hall–Kier alpha value is -2.30. The van der Waals surface area contributed by atoms with Gasteiger partial charge in [0.15, 0.2) is 0 Å². The quantitative estimate of drug-likeness (QED) is 0.856. The van der Waals surface area contributed by atoms with Gasteiger partial charge in [0.05, 0.1) is 12.8 Å². The minimum Gasteiger partial charge on any atom is -0.496 e. The summed E-state index contributed by atoms with van der Waals surface area (Å²) < 4.78 is 5.26. The van der Waals surface area contributed by atoms with E-state index in [0.29, 0.717) is 19.4 Å². The van der Waals surface area contributed by atoms with Crippen molar-refractivity contribution in [3.05, 3.63) is 46.8 Å². The highest BCUT2D eigenvalue weighted by molar-refractivity contribution is 5.76. The zero-order chi connectivity index (χ0) is 15.2. The highest BCUT2D eigenvalue weighted by atomic mass is 16.5. The molecule has 0 bridgehead atoms. The van der Waals surface area contributed by atoms with Crippen molar-refractivity contribution in [1.82, 2.24) is 15.5 Å². The number of ether oxygens (including phenoxy) is 1. The third kappa shape index (κ3) is 3.84. The number of hydrogen-bond donors (Lipinski definition) is 2. The number of carbonyl (C=O) groups excluding carboxylic acids is 1. The van der Waals surface area contributed by atoms with Crippen molar-refractivity contribution in [2.45, 2.75) is 33.2 Å². The van der Waals surface area contributed by atoms with Gasteiger partial charge in [-0.1, -0.05) is 18.2 Å². The molecular weight excluding hydrogens is 266 g/mol. The van der Waals surface area contributed by atoms with Crippen LogP contribution in [0.3, 0.4) is 0 Å². The summed E-state index contributed by atoms with van der Waals surface area (Å²) in [5, 5.41) is 10.00. The van der Waals surface area contributed by atoms with Crippen LogP contribution in [0.5, 0.6) is 5.75 Å². The Balaban J connectivity index is 1.85. The summed E-state index contributed by atoms with van der Waals surface area (Å²) in [4.78, 5) is 12.0. The summed E-state index contributed by atoms with van der Waals surface area (Å²) in [6.07, 6.45) is 1.16. The number of aromatic nitrogens is 2. The molecule has 0 unspecified atom stereocenters. The second-order valence-electron chi connectivity index (χ2n) is 5.00. The maximum absolute atomic E-state index is 12.0. The van der Waals surface area contributed by atoms with E-state index in [1.54, 1.807) is 7.11 Å². The lowest BCUT2D eigenvalue weighted by Gasteiger charge is -2.09. The number of nitrogens with zero attached hydrogens (tertiary/aromatic N) is 1. The number of methoxy groups -OCH3 is 1. The number of aromatic amines is 1. The second-order valence-corrected chi connectivity index (χ2v) is 5.00. The summed E-state index contributed by atoms with van der Waals surface area (Å²) in [6, 6.07) is 7.68. The number of carbonyl (C=O) groups is 1. The first-order chi connectivity index (χ1) is 10.1. The highest BCUT2D eigenvalue weighted by Crippen LogP contribution is 2.17. The number of amides is 1. The number of benzene rings is 1. The van der Waals surface area contributed by atoms with Gasteiger partial charge in [-0.25, -0.2) is 0 Å². The Morgan fingerprint density at radius 3 is 2.76 bits per heavy atom. The minimum absolute atomic E-state index is 0.0286. The van der Waals surface area contributed by atoms with Crippen LogP contribution >= 0.6 is 0 Å². The van der Waals surface area contributed by atoms with Crippen molar-refractivity contribution >= 4 is 5.91 Å². The van der Waals surface area contributed by atoms with Crippen LogP contribution in [0.2, 0.25) is 0 Å². The van der Waals surface area contributed by atoms with Crippen LogP contribution in [0.25, 0.3) is 0 Å². The Morgan fingerprint density at radius 1 is 1.33 bits per heavy atom. The lowest BCUT2D eigenvalue weighted by molar-refractivity contribution is -0.121. The third-order valence-electron chi connectivity index (χ3n) is 3.55. The monoisotopic (exact) mass is 287 g/mol. The maximum Gasteiger partial charge on any atom is 0.220 e. The molecule has 1 aromatic carbocycles.